The first kappa shape index (κ1) is 18.7. The Hall–Kier alpha value is -2.67. The van der Waals surface area contributed by atoms with E-state index in [1.807, 2.05) is 25.1 Å². The third-order valence-corrected chi connectivity index (χ3v) is 4.42. The number of carbonyl (C=O) groups excluding carboxylic acids is 3. The van der Waals surface area contributed by atoms with E-state index in [1.165, 1.54) is 7.11 Å². The van der Waals surface area contributed by atoms with E-state index in [-0.39, 0.29) is 11.8 Å². The van der Waals surface area contributed by atoms with Gasteiger partial charge in [0.2, 0.25) is 5.91 Å². The maximum Gasteiger partial charge on any atom is 0.348 e. The third-order valence-electron chi connectivity index (χ3n) is 3.36. The Morgan fingerprint density at radius 1 is 1.12 bits per heavy atom. The van der Waals surface area contributed by atoms with Gasteiger partial charge in [0.15, 0.2) is 0 Å². The van der Waals surface area contributed by atoms with Crippen LogP contribution in [0.15, 0.2) is 36.4 Å². The van der Waals surface area contributed by atoms with E-state index in [0.29, 0.717) is 28.4 Å². The van der Waals surface area contributed by atoms with E-state index in [0.717, 1.165) is 23.3 Å². The van der Waals surface area contributed by atoms with Crippen molar-refractivity contribution in [2.24, 2.45) is 0 Å². The number of carbonyl (C=O) groups is 3. The first-order valence-corrected chi connectivity index (χ1v) is 8.70. The van der Waals surface area contributed by atoms with Crippen molar-refractivity contribution in [3.8, 4) is 0 Å². The molecule has 0 aliphatic carbocycles. The van der Waals surface area contributed by atoms with Crippen molar-refractivity contribution < 1.29 is 19.1 Å². The molecule has 132 valence electrons. The third kappa shape index (κ3) is 5.42. The zero-order chi connectivity index (χ0) is 18.2. The highest BCUT2D eigenvalue weighted by Gasteiger charge is 2.13. The SMILES string of the molecule is CCCC(=O)Nc1cccc(CNC(=O)c2ccc(C(=O)OC)s2)c1. The summed E-state index contributed by atoms with van der Waals surface area (Å²) >= 11 is 1.08. The van der Waals surface area contributed by atoms with Crippen LogP contribution >= 0.6 is 11.3 Å². The molecule has 25 heavy (non-hydrogen) atoms. The Bertz CT molecular complexity index is 770. The molecule has 7 heteroatoms. The van der Waals surface area contributed by atoms with Gasteiger partial charge in [0.1, 0.15) is 4.88 Å². The summed E-state index contributed by atoms with van der Waals surface area (Å²) in [4.78, 5) is 36.1. The molecule has 1 aromatic heterocycles. The van der Waals surface area contributed by atoms with Gasteiger partial charge < -0.3 is 15.4 Å². The van der Waals surface area contributed by atoms with Crippen LogP contribution in [0.5, 0.6) is 0 Å². The number of thiophene rings is 1. The van der Waals surface area contributed by atoms with Crippen LogP contribution in [0.1, 0.15) is 44.7 Å². The molecule has 0 saturated heterocycles. The summed E-state index contributed by atoms with van der Waals surface area (Å²) < 4.78 is 4.63. The molecule has 2 aromatic rings. The largest absolute Gasteiger partial charge is 0.465 e. The van der Waals surface area contributed by atoms with Gasteiger partial charge >= 0.3 is 5.97 Å². The van der Waals surface area contributed by atoms with Crippen molar-refractivity contribution >= 4 is 34.8 Å². The summed E-state index contributed by atoms with van der Waals surface area (Å²) in [5, 5.41) is 5.62. The molecular formula is C18H20N2O4S. The smallest absolute Gasteiger partial charge is 0.348 e. The first-order chi connectivity index (χ1) is 12.0. The molecule has 0 aliphatic heterocycles. The Morgan fingerprint density at radius 3 is 2.60 bits per heavy atom. The molecule has 0 spiro atoms. The lowest BCUT2D eigenvalue weighted by Gasteiger charge is -2.08. The van der Waals surface area contributed by atoms with Crippen molar-refractivity contribution in [2.45, 2.75) is 26.3 Å². The average molecular weight is 360 g/mol. The van der Waals surface area contributed by atoms with Crippen molar-refractivity contribution in [2.75, 3.05) is 12.4 Å². The maximum absolute atomic E-state index is 12.2. The van der Waals surface area contributed by atoms with E-state index in [4.69, 9.17) is 0 Å². The maximum atomic E-state index is 12.2. The van der Waals surface area contributed by atoms with Crippen LogP contribution in [-0.2, 0) is 16.1 Å². The number of benzene rings is 1. The number of amides is 2. The zero-order valence-corrected chi connectivity index (χ0v) is 14.9. The zero-order valence-electron chi connectivity index (χ0n) is 14.1. The van der Waals surface area contributed by atoms with Gasteiger partial charge in [-0.2, -0.15) is 0 Å². The fourth-order valence-corrected chi connectivity index (χ4v) is 2.99. The average Bonchev–Trinajstić information content (AvgIpc) is 3.09. The molecule has 2 N–H and O–H groups in total. The van der Waals surface area contributed by atoms with Gasteiger partial charge in [-0.25, -0.2) is 4.79 Å². The minimum absolute atomic E-state index is 0.0300. The van der Waals surface area contributed by atoms with Crippen molar-refractivity contribution in [1.29, 1.82) is 0 Å². The Morgan fingerprint density at radius 2 is 1.88 bits per heavy atom. The molecule has 1 heterocycles. The van der Waals surface area contributed by atoms with Crippen LogP contribution in [0.4, 0.5) is 5.69 Å². The lowest BCUT2D eigenvalue weighted by molar-refractivity contribution is -0.116. The van der Waals surface area contributed by atoms with E-state index in [2.05, 4.69) is 15.4 Å². The number of methoxy groups -OCH3 is 1. The van der Waals surface area contributed by atoms with E-state index in [1.54, 1.807) is 18.2 Å². The monoisotopic (exact) mass is 360 g/mol. The second kappa shape index (κ2) is 8.98. The molecule has 6 nitrogen and oxygen atoms in total. The van der Waals surface area contributed by atoms with Gasteiger partial charge in [-0.15, -0.1) is 11.3 Å². The van der Waals surface area contributed by atoms with Crippen LogP contribution in [-0.4, -0.2) is 24.9 Å². The molecular weight excluding hydrogens is 340 g/mol. The highest BCUT2D eigenvalue weighted by molar-refractivity contribution is 7.15. The first-order valence-electron chi connectivity index (χ1n) is 7.88. The lowest BCUT2D eigenvalue weighted by atomic mass is 10.2. The van der Waals surface area contributed by atoms with Gasteiger partial charge in [0.05, 0.1) is 12.0 Å². The number of nitrogens with one attached hydrogen (secondary N) is 2. The predicted octanol–water partition coefficient (Wildman–Crippen LogP) is 3.20. The summed E-state index contributed by atoms with van der Waals surface area (Å²) in [5.41, 5.74) is 1.57. The van der Waals surface area contributed by atoms with Crippen LogP contribution < -0.4 is 10.6 Å². The summed E-state index contributed by atoms with van der Waals surface area (Å²) in [5.74, 6) is -0.752. The topological polar surface area (TPSA) is 84.5 Å². The van der Waals surface area contributed by atoms with Gasteiger partial charge in [-0.05, 0) is 36.2 Å². The standard InChI is InChI=1S/C18H20N2O4S/c1-3-5-16(21)20-13-7-4-6-12(10-13)11-19-17(22)14-8-9-15(25-14)18(23)24-2/h4,6-10H,3,5,11H2,1-2H3,(H,19,22)(H,20,21). The molecule has 0 bridgehead atoms. The number of anilines is 1. The van der Waals surface area contributed by atoms with Crippen LogP contribution in [0.2, 0.25) is 0 Å². The summed E-state index contributed by atoms with van der Waals surface area (Å²) in [7, 11) is 1.30. The molecule has 0 aliphatic rings. The number of hydrogen-bond acceptors (Lipinski definition) is 5. The molecule has 0 fully saturated rings. The highest BCUT2D eigenvalue weighted by Crippen LogP contribution is 2.17. The van der Waals surface area contributed by atoms with Gasteiger partial charge in [-0.1, -0.05) is 19.1 Å². The summed E-state index contributed by atoms with van der Waals surface area (Å²) in [6.45, 7) is 2.27. The minimum atomic E-state index is -0.459. The summed E-state index contributed by atoms with van der Waals surface area (Å²) in [6, 6.07) is 10.5. The molecule has 2 amide bonds. The number of ether oxygens (including phenoxy) is 1. The second-order valence-corrected chi connectivity index (χ2v) is 6.42. The molecule has 1 aromatic carbocycles. The fraction of sp³-hybridized carbons (Fsp3) is 0.278. The van der Waals surface area contributed by atoms with E-state index < -0.39 is 5.97 Å². The molecule has 2 rings (SSSR count). The van der Waals surface area contributed by atoms with E-state index in [9.17, 15) is 14.4 Å². The van der Waals surface area contributed by atoms with Crippen molar-refractivity contribution in [1.82, 2.24) is 5.32 Å². The Kier molecular flexibility index (Phi) is 6.71. The van der Waals surface area contributed by atoms with Gasteiger partial charge in [0, 0.05) is 18.7 Å². The van der Waals surface area contributed by atoms with Crippen LogP contribution in [0.25, 0.3) is 0 Å². The van der Waals surface area contributed by atoms with E-state index >= 15 is 0 Å². The van der Waals surface area contributed by atoms with Crippen LogP contribution in [0.3, 0.4) is 0 Å². The normalized spacial score (nSPS) is 10.2. The molecule has 0 atom stereocenters. The van der Waals surface area contributed by atoms with Crippen molar-refractivity contribution in [3.05, 3.63) is 51.7 Å². The number of esters is 1. The second-order valence-electron chi connectivity index (χ2n) is 5.34. The quantitative estimate of drug-likeness (QED) is 0.743. The fourth-order valence-electron chi connectivity index (χ4n) is 2.15. The molecule has 0 unspecified atom stereocenters. The Labute approximate surface area is 150 Å². The van der Waals surface area contributed by atoms with Gasteiger partial charge in [0.25, 0.3) is 5.91 Å². The minimum Gasteiger partial charge on any atom is -0.465 e. The summed E-state index contributed by atoms with van der Waals surface area (Å²) in [6.07, 6.45) is 1.26. The highest BCUT2D eigenvalue weighted by atomic mass is 32.1. The van der Waals surface area contributed by atoms with Gasteiger partial charge in [-0.3, -0.25) is 9.59 Å². The Balaban J connectivity index is 1.94. The molecule has 0 radical (unpaired) electrons. The number of hydrogen-bond donors (Lipinski definition) is 2. The number of rotatable bonds is 7. The molecule has 0 saturated carbocycles. The van der Waals surface area contributed by atoms with Crippen LogP contribution in [0, 0.1) is 0 Å². The predicted molar refractivity (Wildman–Crippen MR) is 96.8 cm³/mol. The lowest BCUT2D eigenvalue weighted by Crippen LogP contribution is -2.21. The van der Waals surface area contributed by atoms with Crippen molar-refractivity contribution in [3.63, 3.8) is 0 Å².